The van der Waals surface area contributed by atoms with Gasteiger partial charge in [-0.2, -0.15) is 0 Å². The van der Waals surface area contributed by atoms with Crippen LogP contribution in [0.15, 0.2) is 97.1 Å². The molecule has 0 aliphatic heterocycles. The topological polar surface area (TPSA) is 0 Å². The molecule has 0 N–H and O–H groups in total. The summed E-state index contributed by atoms with van der Waals surface area (Å²) in [5.74, 6) is 0. The van der Waals surface area contributed by atoms with E-state index in [9.17, 15) is 0 Å². The average molecular weight is 663 g/mol. The van der Waals surface area contributed by atoms with Gasteiger partial charge in [-0.3, -0.25) is 0 Å². The second-order valence-corrected chi connectivity index (χ2v) is 16.2. The van der Waals surface area contributed by atoms with E-state index in [0.29, 0.717) is 0 Å². The Hall–Kier alpha value is -3.72. The molecule has 2 heterocycles. The van der Waals surface area contributed by atoms with Crippen LogP contribution in [-0.4, -0.2) is 0 Å². The Morgan fingerprint density at radius 3 is 1.23 bits per heavy atom. The Balaban J connectivity index is 0.949. The van der Waals surface area contributed by atoms with Crippen LogP contribution in [0.4, 0.5) is 0 Å². The predicted octanol–water partition coefficient (Wildman–Crippen LogP) is 14.2. The number of fused-ring (bicyclic) bond motifs is 6. The molecule has 4 aromatic carbocycles. The van der Waals surface area contributed by atoms with Gasteiger partial charge in [-0.1, -0.05) is 113 Å². The summed E-state index contributed by atoms with van der Waals surface area (Å²) in [5.41, 5.74) is 17.4. The summed E-state index contributed by atoms with van der Waals surface area (Å²) >= 11 is 3.85. The molecule has 6 aromatic rings. The third-order valence-corrected chi connectivity index (χ3v) is 13.0. The normalized spacial score (nSPS) is 12.6. The summed E-state index contributed by atoms with van der Waals surface area (Å²) in [6.07, 6.45) is 15.1. The average Bonchev–Trinajstić information content (AvgIpc) is 3.92. The smallest absolute Gasteiger partial charge is 0.0449 e. The number of hydrogen-bond donors (Lipinski definition) is 0. The number of benzene rings is 4. The van der Waals surface area contributed by atoms with Gasteiger partial charge in [-0.25, -0.2) is 0 Å². The van der Waals surface area contributed by atoms with Crippen LogP contribution in [0.5, 0.6) is 0 Å². The van der Waals surface area contributed by atoms with E-state index in [2.05, 4.69) is 111 Å². The molecule has 0 fully saturated rings. The lowest BCUT2D eigenvalue weighted by atomic mass is 10.00. The van der Waals surface area contributed by atoms with E-state index in [1.807, 2.05) is 22.7 Å². The van der Waals surface area contributed by atoms with Crippen molar-refractivity contribution in [3.05, 3.63) is 130 Å². The van der Waals surface area contributed by atoms with E-state index >= 15 is 0 Å². The van der Waals surface area contributed by atoms with E-state index in [0.717, 1.165) is 12.8 Å². The monoisotopic (exact) mass is 662 g/mol. The molecule has 0 bridgehead atoms. The molecule has 0 amide bonds. The molecule has 0 unspecified atom stereocenters. The lowest BCUT2D eigenvalue weighted by Crippen LogP contribution is -1.89. The lowest BCUT2D eigenvalue weighted by molar-refractivity contribution is 0.667. The minimum Gasteiger partial charge on any atom is -0.134 e. The number of rotatable bonds is 13. The summed E-state index contributed by atoms with van der Waals surface area (Å²) in [5, 5.41) is 0. The van der Waals surface area contributed by atoms with Crippen LogP contribution < -0.4 is 0 Å². The molecule has 0 radical (unpaired) electrons. The first-order chi connectivity index (χ1) is 23.7. The molecule has 242 valence electrons. The largest absolute Gasteiger partial charge is 0.134 e. The van der Waals surface area contributed by atoms with Gasteiger partial charge in [0.25, 0.3) is 0 Å². The van der Waals surface area contributed by atoms with Crippen LogP contribution in [-0.2, 0) is 25.7 Å². The van der Waals surface area contributed by atoms with Crippen LogP contribution in [0.3, 0.4) is 0 Å². The Kier molecular flexibility index (Phi) is 9.21. The third-order valence-electron chi connectivity index (χ3n) is 10.6. The molecular formula is C46H46S2. The highest BCUT2D eigenvalue weighted by Crippen LogP contribution is 2.45. The molecule has 0 saturated heterocycles. The summed E-state index contributed by atoms with van der Waals surface area (Å²) in [7, 11) is 0. The molecule has 2 aliphatic rings. The molecule has 0 saturated carbocycles. The van der Waals surface area contributed by atoms with Crippen LogP contribution >= 0.6 is 22.7 Å². The maximum absolute atomic E-state index is 2.48. The van der Waals surface area contributed by atoms with Gasteiger partial charge in [0.1, 0.15) is 0 Å². The highest BCUT2D eigenvalue weighted by molar-refractivity contribution is 7.25. The first kappa shape index (κ1) is 31.5. The van der Waals surface area contributed by atoms with Gasteiger partial charge in [0.05, 0.1) is 0 Å². The number of unbranched alkanes of at least 4 members (excludes halogenated alkanes) is 6. The van der Waals surface area contributed by atoms with E-state index in [4.69, 9.17) is 0 Å². The van der Waals surface area contributed by atoms with Gasteiger partial charge in [-0.15, -0.1) is 22.7 Å². The van der Waals surface area contributed by atoms with Gasteiger partial charge < -0.3 is 0 Å². The zero-order chi connectivity index (χ0) is 32.5. The maximum Gasteiger partial charge on any atom is 0.0449 e. The number of thiophene rings is 2. The molecule has 8 rings (SSSR count). The fourth-order valence-corrected chi connectivity index (χ4v) is 10.0. The fourth-order valence-electron chi connectivity index (χ4n) is 7.91. The quantitative estimate of drug-likeness (QED) is 0.108. The van der Waals surface area contributed by atoms with Gasteiger partial charge in [0, 0.05) is 19.5 Å². The molecule has 2 aliphatic carbocycles. The van der Waals surface area contributed by atoms with E-state index in [1.165, 1.54) is 150 Å². The van der Waals surface area contributed by atoms with Crippen molar-refractivity contribution >= 4 is 22.7 Å². The summed E-state index contributed by atoms with van der Waals surface area (Å²) in [6.45, 7) is 4.57. The lowest BCUT2D eigenvalue weighted by Gasteiger charge is -2.06. The highest BCUT2D eigenvalue weighted by Gasteiger charge is 2.21. The first-order valence-electron chi connectivity index (χ1n) is 18.4. The van der Waals surface area contributed by atoms with Gasteiger partial charge in [0.15, 0.2) is 0 Å². The van der Waals surface area contributed by atoms with E-state index in [-0.39, 0.29) is 0 Å². The zero-order valence-electron chi connectivity index (χ0n) is 28.5. The summed E-state index contributed by atoms with van der Waals surface area (Å²) < 4.78 is 0. The SMILES string of the molecule is CCCCCCc1ccc2c(c1)Cc1cc(-c3ccc(-c4ccc(-c5ccc6c(c5)Cc5cc(CCCCCC)ccc5-6)s4)s3)ccc1-2. The fraction of sp³-hybridized carbons (Fsp3) is 0.304. The van der Waals surface area contributed by atoms with Crippen molar-refractivity contribution in [2.45, 2.75) is 90.9 Å². The van der Waals surface area contributed by atoms with Crippen molar-refractivity contribution in [3.63, 3.8) is 0 Å². The molecule has 2 heteroatoms. The van der Waals surface area contributed by atoms with Crippen LogP contribution in [0.1, 0.15) is 98.6 Å². The molecule has 0 atom stereocenters. The number of hydrogen-bond acceptors (Lipinski definition) is 2. The second kappa shape index (κ2) is 14.0. The van der Waals surface area contributed by atoms with Crippen molar-refractivity contribution in [2.24, 2.45) is 0 Å². The van der Waals surface area contributed by atoms with Crippen molar-refractivity contribution in [3.8, 4) is 52.9 Å². The maximum atomic E-state index is 2.48. The van der Waals surface area contributed by atoms with E-state index < -0.39 is 0 Å². The van der Waals surface area contributed by atoms with Gasteiger partial charge in [-0.05, 0) is 142 Å². The zero-order valence-corrected chi connectivity index (χ0v) is 30.2. The standard InChI is InChI=1S/C46H46S2/c1-3-5-7-9-11-31-13-17-39-35(25-31)29-37-27-33(15-19-41(37)39)43-21-23-45(47-43)46-24-22-44(48-46)34-16-20-42-38(28-34)30-36-26-32(14-18-40(36)42)12-10-8-6-4-2/h13-28H,3-12,29-30H2,1-2H3. The Bertz CT molecular complexity index is 1920. The molecular weight excluding hydrogens is 617 g/mol. The number of aryl methyl sites for hydroxylation is 2. The van der Waals surface area contributed by atoms with Gasteiger partial charge >= 0.3 is 0 Å². The summed E-state index contributed by atoms with van der Waals surface area (Å²) in [6, 6.07) is 38.0. The van der Waals surface area contributed by atoms with Crippen molar-refractivity contribution < 1.29 is 0 Å². The minimum absolute atomic E-state index is 1.06. The molecule has 0 spiro atoms. The highest BCUT2D eigenvalue weighted by atomic mass is 32.1. The Morgan fingerprint density at radius 1 is 0.396 bits per heavy atom. The molecule has 2 aromatic heterocycles. The van der Waals surface area contributed by atoms with Crippen molar-refractivity contribution in [2.75, 3.05) is 0 Å². The van der Waals surface area contributed by atoms with Crippen LogP contribution in [0.2, 0.25) is 0 Å². The first-order valence-corrected chi connectivity index (χ1v) is 20.0. The molecule has 48 heavy (non-hydrogen) atoms. The Morgan fingerprint density at radius 2 is 0.792 bits per heavy atom. The van der Waals surface area contributed by atoms with Crippen molar-refractivity contribution in [1.29, 1.82) is 0 Å². The summed E-state index contributed by atoms with van der Waals surface area (Å²) in [4.78, 5) is 5.43. The van der Waals surface area contributed by atoms with Crippen LogP contribution in [0.25, 0.3) is 52.9 Å². The van der Waals surface area contributed by atoms with Crippen molar-refractivity contribution in [1.82, 2.24) is 0 Å². The molecule has 0 nitrogen and oxygen atoms in total. The third kappa shape index (κ3) is 6.38. The van der Waals surface area contributed by atoms with Crippen LogP contribution in [0, 0.1) is 0 Å². The predicted molar refractivity (Wildman–Crippen MR) is 211 cm³/mol. The minimum atomic E-state index is 1.06. The van der Waals surface area contributed by atoms with E-state index in [1.54, 1.807) is 0 Å². The Labute approximate surface area is 295 Å². The van der Waals surface area contributed by atoms with Gasteiger partial charge in [0.2, 0.25) is 0 Å². The second-order valence-electron chi connectivity index (χ2n) is 14.0.